The SMILES string of the molecule is CCC1(NCc2c(F)cc(C#N)cc2F)CCC1. The lowest BCUT2D eigenvalue weighted by molar-refractivity contribution is 0.174. The summed E-state index contributed by atoms with van der Waals surface area (Å²) in [5.74, 6) is -1.30. The van der Waals surface area contributed by atoms with Crippen molar-refractivity contribution in [2.45, 2.75) is 44.7 Å². The fourth-order valence-electron chi connectivity index (χ4n) is 2.37. The summed E-state index contributed by atoms with van der Waals surface area (Å²) in [5, 5.41) is 11.9. The molecule has 0 unspecified atom stereocenters. The fourth-order valence-corrected chi connectivity index (χ4v) is 2.37. The van der Waals surface area contributed by atoms with Crippen molar-refractivity contribution in [1.82, 2.24) is 5.32 Å². The monoisotopic (exact) mass is 250 g/mol. The van der Waals surface area contributed by atoms with Gasteiger partial charge in [0, 0.05) is 17.6 Å². The zero-order chi connectivity index (χ0) is 13.2. The lowest BCUT2D eigenvalue weighted by Crippen LogP contribution is -2.50. The van der Waals surface area contributed by atoms with Crippen molar-refractivity contribution >= 4 is 0 Å². The maximum absolute atomic E-state index is 13.7. The van der Waals surface area contributed by atoms with Gasteiger partial charge in [0.25, 0.3) is 0 Å². The molecule has 0 heterocycles. The third-order valence-corrected chi connectivity index (χ3v) is 3.90. The van der Waals surface area contributed by atoms with Gasteiger partial charge in [-0.25, -0.2) is 8.78 Å². The molecule has 2 rings (SSSR count). The van der Waals surface area contributed by atoms with Crippen LogP contribution in [-0.4, -0.2) is 5.54 Å². The van der Waals surface area contributed by atoms with Gasteiger partial charge in [0.15, 0.2) is 0 Å². The number of nitrogens with one attached hydrogen (secondary N) is 1. The van der Waals surface area contributed by atoms with Crippen molar-refractivity contribution < 1.29 is 8.78 Å². The Balaban J connectivity index is 2.12. The molecule has 0 radical (unpaired) electrons. The van der Waals surface area contributed by atoms with Crippen LogP contribution in [0.4, 0.5) is 8.78 Å². The number of nitriles is 1. The van der Waals surface area contributed by atoms with Crippen LogP contribution in [0.25, 0.3) is 0 Å². The highest BCUT2D eigenvalue weighted by molar-refractivity contribution is 5.34. The van der Waals surface area contributed by atoms with E-state index < -0.39 is 11.6 Å². The standard InChI is InChI=1S/C14H16F2N2/c1-2-14(4-3-5-14)18-9-11-12(15)6-10(8-17)7-13(11)16/h6-7,18H,2-5,9H2,1H3. The molecule has 1 aromatic rings. The van der Waals surface area contributed by atoms with Gasteiger partial charge in [0.1, 0.15) is 11.6 Å². The van der Waals surface area contributed by atoms with E-state index in [0.29, 0.717) is 0 Å². The van der Waals surface area contributed by atoms with Crippen molar-refractivity contribution in [2.24, 2.45) is 0 Å². The van der Waals surface area contributed by atoms with Crippen LogP contribution in [0, 0.1) is 23.0 Å². The Bertz CT molecular complexity index is 459. The molecule has 4 heteroatoms. The first kappa shape index (κ1) is 13.0. The second-order valence-corrected chi connectivity index (χ2v) is 4.87. The summed E-state index contributed by atoms with van der Waals surface area (Å²) in [6, 6.07) is 3.91. The highest BCUT2D eigenvalue weighted by atomic mass is 19.1. The van der Waals surface area contributed by atoms with Gasteiger partial charge in [-0.1, -0.05) is 6.92 Å². The lowest BCUT2D eigenvalue weighted by atomic mass is 9.75. The molecule has 1 fully saturated rings. The van der Waals surface area contributed by atoms with E-state index in [1.807, 2.05) is 0 Å². The van der Waals surface area contributed by atoms with Gasteiger partial charge >= 0.3 is 0 Å². The predicted molar refractivity (Wildman–Crippen MR) is 64.8 cm³/mol. The van der Waals surface area contributed by atoms with E-state index in [0.717, 1.165) is 31.4 Å². The second-order valence-electron chi connectivity index (χ2n) is 4.87. The van der Waals surface area contributed by atoms with Gasteiger partial charge in [-0.2, -0.15) is 5.26 Å². The maximum Gasteiger partial charge on any atom is 0.131 e. The molecule has 1 N–H and O–H groups in total. The second kappa shape index (κ2) is 5.03. The first-order valence-corrected chi connectivity index (χ1v) is 6.23. The Morgan fingerprint density at radius 2 is 1.94 bits per heavy atom. The third kappa shape index (κ3) is 2.37. The quantitative estimate of drug-likeness (QED) is 0.890. The van der Waals surface area contributed by atoms with Crippen LogP contribution in [0.3, 0.4) is 0 Å². The number of hydrogen-bond donors (Lipinski definition) is 1. The summed E-state index contributed by atoms with van der Waals surface area (Å²) in [7, 11) is 0. The maximum atomic E-state index is 13.7. The molecule has 0 saturated heterocycles. The van der Waals surface area contributed by atoms with E-state index in [-0.39, 0.29) is 23.2 Å². The molecule has 0 atom stereocenters. The zero-order valence-electron chi connectivity index (χ0n) is 10.4. The molecule has 0 aromatic heterocycles. The average Bonchev–Trinajstić information content (AvgIpc) is 2.30. The number of rotatable bonds is 4. The summed E-state index contributed by atoms with van der Waals surface area (Å²) >= 11 is 0. The predicted octanol–water partition coefficient (Wildman–Crippen LogP) is 3.26. The topological polar surface area (TPSA) is 35.8 Å². The Hall–Kier alpha value is -1.47. The van der Waals surface area contributed by atoms with E-state index in [9.17, 15) is 8.78 Å². The van der Waals surface area contributed by atoms with E-state index in [1.165, 1.54) is 6.42 Å². The smallest absolute Gasteiger partial charge is 0.131 e. The minimum atomic E-state index is -0.648. The largest absolute Gasteiger partial charge is 0.307 e. The van der Waals surface area contributed by atoms with Gasteiger partial charge in [0.2, 0.25) is 0 Å². The molecule has 18 heavy (non-hydrogen) atoms. The molecule has 1 aliphatic carbocycles. The fraction of sp³-hybridized carbons (Fsp3) is 0.500. The van der Waals surface area contributed by atoms with E-state index in [2.05, 4.69) is 12.2 Å². The van der Waals surface area contributed by atoms with Gasteiger partial charge in [-0.3, -0.25) is 0 Å². The molecule has 1 aromatic carbocycles. The number of hydrogen-bond acceptors (Lipinski definition) is 2. The minimum Gasteiger partial charge on any atom is -0.307 e. The van der Waals surface area contributed by atoms with Crippen molar-refractivity contribution in [1.29, 1.82) is 5.26 Å². The molecule has 96 valence electrons. The summed E-state index contributed by atoms with van der Waals surface area (Å²) < 4.78 is 27.3. The van der Waals surface area contributed by atoms with Crippen molar-refractivity contribution in [3.8, 4) is 6.07 Å². The van der Waals surface area contributed by atoms with Crippen LogP contribution >= 0.6 is 0 Å². The molecular formula is C14H16F2N2. The molecule has 1 aliphatic rings. The summed E-state index contributed by atoms with van der Waals surface area (Å²) in [6.07, 6.45) is 4.25. The highest BCUT2D eigenvalue weighted by Gasteiger charge is 2.34. The lowest BCUT2D eigenvalue weighted by Gasteiger charge is -2.42. The van der Waals surface area contributed by atoms with E-state index in [1.54, 1.807) is 6.07 Å². The third-order valence-electron chi connectivity index (χ3n) is 3.90. The molecule has 0 aliphatic heterocycles. The Labute approximate surface area is 106 Å². The van der Waals surface area contributed by atoms with Crippen LogP contribution < -0.4 is 5.32 Å². The summed E-state index contributed by atoms with van der Waals surface area (Å²) in [5.41, 5.74) is 0.0867. The number of nitrogens with zero attached hydrogens (tertiary/aromatic N) is 1. The molecule has 0 amide bonds. The molecule has 2 nitrogen and oxygen atoms in total. The molecule has 1 saturated carbocycles. The van der Waals surface area contributed by atoms with Gasteiger partial charge in [-0.05, 0) is 37.8 Å². The first-order chi connectivity index (χ1) is 8.60. The molecular weight excluding hydrogens is 234 g/mol. The number of benzene rings is 1. The molecule has 0 bridgehead atoms. The Morgan fingerprint density at radius 1 is 1.33 bits per heavy atom. The molecule has 0 spiro atoms. The van der Waals surface area contributed by atoms with Crippen molar-refractivity contribution in [3.63, 3.8) is 0 Å². The minimum absolute atomic E-state index is 0.0163. The van der Waals surface area contributed by atoms with Crippen LogP contribution in [0.2, 0.25) is 0 Å². The Kier molecular flexibility index (Phi) is 3.63. The van der Waals surface area contributed by atoms with Crippen molar-refractivity contribution in [2.75, 3.05) is 0 Å². The van der Waals surface area contributed by atoms with Gasteiger partial charge in [0.05, 0.1) is 11.6 Å². The average molecular weight is 250 g/mol. The van der Waals surface area contributed by atoms with Crippen LogP contribution in [0.1, 0.15) is 43.7 Å². The number of halogens is 2. The summed E-state index contributed by atoms with van der Waals surface area (Å²) in [4.78, 5) is 0. The van der Waals surface area contributed by atoms with E-state index in [4.69, 9.17) is 5.26 Å². The Morgan fingerprint density at radius 3 is 2.33 bits per heavy atom. The summed E-state index contributed by atoms with van der Waals surface area (Å²) in [6.45, 7) is 2.26. The zero-order valence-corrected chi connectivity index (χ0v) is 10.4. The van der Waals surface area contributed by atoms with Gasteiger partial charge < -0.3 is 5.32 Å². The van der Waals surface area contributed by atoms with Gasteiger partial charge in [-0.15, -0.1) is 0 Å². The first-order valence-electron chi connectivity index (χ1n) is 6.23. The van der Waals surface area contributed by atoms with Crippen molar-refractivity contribution in [3.05, 3.63) is 34.9 Å². The van der Waals surface area contributed by atoms with Crippen LogP contribution in [0.15, 0.2) is 12.1 Å². The van der Waals surface area contributed by atoms with E-state index >= 15 is 0 Å². The van der Waals surface area contributed by atoms with Crippen LogP contribution in [-0.2, 0) is 6.54 Å². The van der Waals surface area contributed by atoms with Crippen LogP contribution in [0.5, 0.6) is 0 Å². The highest BCUT2D eigenvalue weighted by Crippen LogP contribution is 2.35. The normalized spacial score (nSPS) is 17.0.